The summed E-state index contributed by atoms with van der Waals surface area (Å²) in [7, 11) is 0. The molecule has 0 aliphatic heterocycles. The van der Waals surface area contributed by atoms with E-state index in [2.05, 4.69) is 46.9 Å². The minimum absolute atomic E-state index is 0.260. The molecule has 0 bridgehead atoms. The first kappa shape index (κ1) is 19.0. The second-order valence-corrected chi connectivity index (χ2v) is 7.68. The van der Waals surface area contributed by atoms with Crippen LogP contribution in [0.15, 0.2) is 0 Å². The van der Waals surface area contributed by atoms with Crippen LogP contribution in [0.25, 0.3) is 0 Å². The Labute approximate surface area is 122 Å². The van der Waals surface area contributed by atoms with Crippen molar-refractivity contribution in [3.8, 4) is 0 Å². The molecule has 0 rings (SSSR count). The number of unbranched alkanes of at least 4 members (excludes halogenated alkanes) is 5. The number of rotatable bonds is 11. The van der Waals surface area contributed by atoms with E-state index in [1.54, 1.807) is 0 Å². The fraction of sp³-hybridized carbons (Fsp3) is 1.00. The molecule has 0 aromatic carbocycles. The fourth-order valence-corrected chi connectivity index (χ4v) is 2.63. The van der Waals surface area contributed by atoms with Crippen LogP contribution in [0, 0.1) is 11.8 Å². The van der Waals surface area contributed by atoms with Gasteiger partial charge in [0.1, 0.15) is 0 Å². The average Bonchev–Trinajstić information content (AvgIpc) is 2.28. The molecule has 0 saturated carbocycles. The van der Waals surface area contributed by atoms with E-state index in [-0.39, 0.29) is 5.54 Å². The van der Waals surface area contributed by atoms with Gasteiger partial charge in [0, 0.05) is 5.54 Å². The van der Waals surface area contributed by atoms with Crippen LogP contribution in [-0.2, 0) is 0 Å². The van der Waals surface area contributed by atoms with Crippen molar-refractivity contribution in [3.05, 3.63) is 0 Å². The minimum Gasteiger partial charge on any atom is -0.312 e. The van der Waals surface area contributed by atoms with Crippen molar-refractivity contribution < 1.29 is 0 Å². The summed E-state index contributed by atoms with van der Waals surface area (Å²) in [6.45, 7) is 15.0. The first-order valence-corrected chi connectivity index (χ1v) is 8.60. The van der Waals surface area contributed by atoms with E-state index < -0.39 is 0 Å². The van der Waals surface area contributed by atoms with Gasteiger partial charge in [0.25, 0.3) is 0 Å². The van der Waals surface area contributed by atoms with E-state index in [1.165, 1.54) is 57.9 Å². The van der Waals surface area contributed by atoms with Crippen molar-refractivity contribution in [2.24, 2.45) is 11.8 Å². The van der Waals surface area contributed by atoms with Gasteiger partial charge in [-0.05, 0) is 52.0 Å². The van der Waals surface area contributed by atoms with E-state index in [0.29, 0.717) is 0 Å². The molecule has 0 saturated heterocycles. The number of nitrogens with one attached hydrogen (secondary N) is 1. The Balaban J connectivity index is 3.80. The van der Waals surface area contributed by atoms with Crippen molar-refractivity contribution >= 4 is 0 Å². The second kappa shape index (κ2) is 10.7. The first-order chi connectivity index (χ1) is 8.85. The average molecular weight is 270 g/mol. The zero-order valence-electron chi connectivity index (χ0n) is 14.5. The summed E-state index contributed by atoms with van der Waals surface area (Å²) in [5.41, 5.74) is 0.260. The molecule has 0 aliphatic carbocycles. The van der Waals surface area contributed by atoms with E-state index in [9.17, 15) is 0 Å². The zero-order chi connectivity index (χ0) is 14.7. The molecule has 0 aromatic heterocycles. The predicted molar refractivity (Wildman–Crippen MR) is 88.7 cm³/mol. The smallest absolute Gasteiger partial charge is 0.00966 e. The largest absolute Gasteiger partial charge is 0.312 e. The SMILES string of the molecule is CCCCCCCCC(CNC(C)(C)C)CC(C)C. The lowest BCUT2D eigenvalue weighted by atomic mass is 9.91. The summed E-state index contributed by atoms with van der Waals surface area (Å²) in [6.07, 6.45) is 11.3. The maximum atomic E-state index is 3.69. The normalized spacial score (nSPS) is 14.1. The molecule has 1 heteroatoms. The van der Waals surface area contributed by atoms with E-state index in [0.717, 1.165) is 11.8 Å². The van der Waals surface area contributed by atoms with Crippen LogP contribution in [0.5, 0.6) is 0 Å². The summed E-state index contributed by atoms with van der Waals surface area (Å²) in [5, 5.41) is 3.69. The van der Waals surface area contributed by atoms with E-state index in [4.69, 9.17) is 0 Å². The van der Waals surface area contributed by atoms with Gasteiger partial charge >= 0.3 is 0 Å². The van der Waals surface area contributed by atoms with Crippen LogP contribution in [0.4, 0.5) is 0 Å². The molecule has 0 aromatic rings. The monoisotopic (exact) mass is 269 g/mol. The van der Waals surface area contributed by atoms with Crippen LogP contribution in [0.2, 0.25) is 0 Å². The molecule has 1 atom stereocenters. The lowest BCUT2D eigenvalue weighted by Crippen LogP contribution is -2.39. The highest BCUT2D eigenvalue weighted by molar-refractivity contribution is 4.74. The van der Waals surface area contributed by atoms with Crippen molar-refractivity contribution in [3.63, 3.8) is 0 Å². The molecule has 116 valence electrons. The van der Waals surface area contributed by atoms with Crippen LogP contribution in [0.1, 0.15) is 92.9 Å². The minimum atomic E-state index is 0.260. The second-order valence-electron chi connectivity index (χ2n) is 7.68. The van der Waals surface area contributed by atoms with Gasteiger partial charge in [-0.1, -0.05) is 59.3 Å². The van der Waals surface area contributed by atoms with Crippen molar-refractivity contribution in [1.29, 1.82) is 0 Å². The van der Waals surface area contributed by atoms with Crippen LogP contribution < -0.4 is 5.32 Å². The third kappa shape index (κ3) is 14.2. The molecule has 0 radical (unpaired) electrons. The van der Waals surface area contributed by atoms with Gasteiger partial charge in [-0.3, -0.25) is 0 Å². The maximum absolute atomic E-state index is 3.69. The lowest BCUT2D eigenvalue weighted by Gasteiger charge is -2.26. The third-order valence-electron chi connectivity index (χ3n) is 3.69. The van der Waals surface area contributed by atoms with Crippen molar-refractivity contribution in [1.82, 2.24) is 5.32 Å². The van der Waals surface area contributed by atoms with Crippen LogP contribution in [0.3, 0.4) is 0 Å². The van der Waals surface area contributed by atoms with E-state index >= 15 is 0 Å². The Hall–Kier alpha value is -0.0400. The molecule has 1 nitrogen and oxygen atoms in total. The summed E-state index contributed by atoms with van der Waals surface area (Å²) in [6, 6.07) is 0. The summed E-state index contributed by atoms with van der Waals surface area (Å²) in [5.74, 6) is 1.69. The van der Waals surface area contributed by atoms with Gasteiger partial charge in [-0.15, -0.1) is 0 Å². The summed E-state index contributed by atoms with van der Waals surface area (Å²) < 4.78 is 0. The van der Waals surface area contributed by atoms with Gasteiger partial charge in [0.2, 0.25) is 0 Å². The van der Waals surface area contributed by atoms with Crippen molar-refractivity contribution in [2.75, 3.05) is 6.54 Å². The topological polar surface area (TPSA) is 12.0 Å². The molecule has 0 fully saturated rings. The highest BCUT2D eigenvalue weighted by Crippen LogP contribution is 2.19. The van der Waals surface area contributed by atoms with E-state index in [1.807, 2.05) is 0 Å². The standard InChI is InChI=1S/C18H39N/c1-7-8-9-10-11-12-13-17(14-16(2)3)15-19-18(4,5)6/h16-17,19H,7-15H2,1-6H3. The Morgan fingerprint density at radius 2 is 1.47 bits per heavy atom. The highest BCUT2D eigenvalue weighted by atomic mass is 14.9. The Morgan fingerprint density at radius 3 is 2.00 bits per heavy atom. The molecular weight excluding hydrogens is 230 g/mol. The molecular formula is C18H39N. The van der Waals surface area contributed by atoms with Gasteiger partial charge < -0.3 is 5.32 Å². The van der Waals surface area contributed by atoms with Gasteiger partial charge in [-0.25, -0.2) is 0 Å². The predicted octanol–water partition coefficient (Wildman–Crippen LogP) is 5.79. The first-order valence-electron chi connectivity index (χ1n) is 8.60. The van der Waals surface area contributed by atoms with Crippen LogP contribution in [-0.4, -0.2) is 12.1 Å². The molecule has 0 heterocycles. The number of hydrogen-bond donors (Lipinski definition) is 1. The Kier molecular flexibility index (Phi) is 10.7. The summed E-state index contributed by atoms with van der Waals surface area (Å²) >= 11 is 0. The molecule has 0 spiro atoms. The molecule has 19 heavy (non-hydrogen) atoms. The molecule has 1 N–H and O–H groups in total. The zero-order valence-corrected chi connectivity index (χ0v) is 14.5. The quantitative estimate of drug-likeness (QED) is 0.468. The maximum Gasteiger partial charge on any atom is 0.00966 e. The highest BCUT2D eigenvalue weighted by Gasteiger charge is 2.15. The molecule has 0 amide bonds. The number of hydrogen-bond acceptors (Lipinski definition) is 1. The van der Waals surface area contributed by atoms with Crippen LogP contribution >= 0.6 is 0 Å². The Bertz CT molecular complexity index is 190. The lowest BCUT2D eigenvalue weighted by molar-refractivity contribution is 0.312. The Morgan fingerprint density at radius 1 is 0.895 bits per heavy atom. The van der Waals surface area contributed by atoms with Gasteiger partial charge in [0.15, 0.2) is 0 Å². The fourth-order valence-electron chi connectivity index (χ4n) is 2.63. The molecule has 1 unspecified atom stereocenters. The molecule has 0 aliphatic rings. The van der Waals surface area contributed by atoms with Gasteiger partial charge in [0.05, 0.1) is 0 Å². The third-order valence-corrected chi connectivity index (χ3v) is 3.69. The van der Waals surface area contributed by atoms with Gasteiger partial charge in [-0.2, -0.15) is 0 Å². The summed E-state index contributed by atoms with van der Waals surface area (Å²) in [4.78, 5) is 0. The van der Waals surface area contributed by atoms with Crippen molar-refractivity contribution in [2.45, 2.75) is 98.4 Å².